The Bertz CT molecular complexity index is 745. The van der Waals surface area contributed by atoms with E-state index in [2.05, 4.69) is 53.1 Å². The third-order valence-electron chi connectivity index (χ3n) is 5.12. The van der Waals surface area contributed by atoms with Gasteiger partial charge in [0, 0.05) is 24.8 Å². The molecule has 2 heterocycles. The summed E-state index contributed by atoms with van der Waals surface area (Å²) in [7, 11) is 4.16. The fourth-order valence-corrected chi connectivity index (χ4v) is 4.22. The molecule has 1 aliphatic rings. The molecule has 0 saturated carbocycles. The number of nitrogens with zero attached hydrogens (tertiary/aromatic N) is 3. The average molecular weight is 387 g/mol. The number of piperidine rings is 1. The van der Waals surface area contributed by atoms with Gasteiger partial charge in [0.1, 0.15) is 12.1 Å². The quantitative estimate of drug-likeness (QED) is 0.703. The normalized spacial score (nSPS) is 19.3. The lowest BCUT2D eigenvalue weighted by Gasteiger charge is -2.35. The minimum absolute atomic E-state index is 0.0303. The standard InChI is InChI=1S/C21H30N4OS/c1-24(2)13-16-7-6-8-17(11-16)19-12-22-21(23-19)20-9-4-5-10-25(20)14-18(15-26)27-3/h6-8,11-12,15,18,20H,4-5,9-10,13-14H2,1-3H3,(H,22,23). The molecule has 1 aromatic carbocycles. The van der Waals surface area contributed by atoms with E-state index in [-0.39, 0.29) is 11.3 Å². The summed E-state index contributed by atoms with van der Waals surface area (Å²) in [5.41, 5.74) is 3.43. The fraction of sp³-hybridized carbons (Fsp3) is 0.524. The molecule has 0 bridgehead atoms. The molecule has 1 fully saturated rings. The highest BCUT2D eigenvalue weighted by molar-refractivity contribution is 7.99. The third-order valence-corrected chi connectivity index (χ3v) is 5.98. The summed E-state index contributed by atoms with van der Waals surface area (Å²) < 4.78 is 0. The Kier molecular flexibility index (Phi) is 7.10. The van der Waals surface area contributed by atoms with Gasteiger partial charge in [0.15, 0.2) is 0 Å². The van der Waals surface area contributed by atoms with Crippen LogP contribution >= 0.6 is 11.8 Å². The molecule has 6 heteroatoms. The van der Waals surface area contributed by atoms with Gasteiger partial charge in [0.2, 0.25) is 0 Å². The summed E-state index contributed by atoms with van der Waals surface area (Å²) in [6.45, 7) is 2.75. The molecule has 0 aliphatic carbocycles. The number of H-pyrrole nitrogens is 1. The summed E-state index contributed by atoms with van der Waals surface area (Å²) in [5.74, 6) is 1.02. The number of imidazole rings is 1. The number of aldehydes is 1. The number of benzene rings is 1. The van der Waals surface area contributed by atoms with Crippen LogP contribution in [-0.2, 0) is 11.3 Å². The van der Waals surface area contributed by atoms with Crippen LogP contribution in [0.15, 0.2) is 30.5 Å². The zero-order chi connectivity index (χ0) is 19.2. The van der Waals surface area contributed by atoms with Gasteiger partial charge < -0.3 is 14.7 Å². The maximum absolute atomic E-state index is 11.3. The van der Waals surface area contributed by atoms with Crippen molar-refractivity contribution in [1.82, 2.24) is 19.8 Å². The number of likely N-dealkylation sites (tertiary alicyclic amines) is 1. The van der Waals surface area contributed by atoms with Crippen molar-refractivity contribution in [2.75, 3.05) is 33.4 Å². The molecule has 1 aliphatic heterocycles. The van der Waals surface area contributed by atoms with Crippen LogP contribution in [0.2, 0.25) is 0 Å². The lowest BCUT2D eigenvalue weighted by atomic mass is 10.0. The number of aromatic amines is 1. The Hall–Kier alpha value is -1.63. The topological polar surface area (TPSA) is 52.2 Å². The molecule has 1 aromatic heterocycles. The molecule has 0 radical (unpaired) electrons. The van der Waals surface area contributed by atoms with E-state index in [1.54, 1.807) is 11.8 Å². The fourth-order valence-electron chi connectivity index (χ4n) is 3.77. The minimum Gasteiger partial charge on any atom is -0.347 e. The van der Waals surface area contributed by atoms with E-state index in [0.717, 1.165) is 49.4 Å². The first-order valence-corrected chi connectivity index (χ1v) is 10.9. The molecule has 0 spiro atoms. The smallest absolute Gasteiger partial charge is 0.134 e. The van der Waals surface area contributed by atoms with Crippen LogP contribution in [0.4, 0.5) is 0 Å². The van der Waals surface area contributed by atoms with Crippen molar-refractivity contribution >= 4 is 18.0 Å². The SMILES string of the molecule is CSC(C=O)CN1CCCCC1c1nc(-c2cccc(CN(C)C)c2)c[nH]1. The van der Waals surface area contributed by atoms with E-state index in [9.17, 15) is 4.79 Å². The van der Waals surface area contributed by atoms with E-state index in [1.807, 2.05) is 12.5 Å². The number of hydrogen-bond acceptors (Lipinski definition) is 5. The summed E-state index contributed by atoms with van der Waals surface area (Å²) in [6.07, 6.45) is 8.58. The molecular formula is C21H30N4OS. The number of nitrogens with one attached hydrogen (secondary N) is 1. The second-order valence-corrected chi connectivity index (χ2v) is 8.60. The second kappa shape index (κ2) is 9.53. The van der Waals surface area contributed by atoms with Crippen LogP contribution in [0.5, 0.6) is 0 Å². The molecular weight excluding hydrogens is 356 g/mol. The Morgan fingerprint density at radius 2 is 2.26 bits per heavy atom. The summed E-state index contributed by atoms with van der Waals surface area (Å²) in [4.78, 5) is 24.2. The lowest BCUT2D eigenvalue weighted by Crippen LogP contribution is -2.38. The largest absolute Gasteiger partial charge is 0.347 e. The van der Waals surface area contributed by atoms with Crippen LogP contribution < -0.4 is 0 Å². The molecule has 1 N–H and O–H groups in total. The molecule has 3 rings (SSSR count). The van der Waals surface area contributed by atoms with Crippen LogP contribution in [0.25, 0.3) is 11.3 Å². The van der Waals surface area contributed by atoms with Gasteiger partial charge in [-0.1, -0.05) is 24.6 Å². The number of aromatic nitrogens is 2. The molecule has 146 valence electrons. The van der Waals surface area contributed by atoms with Crippen molar-refractivity contribution in [1.29, 1.82) is 0 Å². The maximum Gasteiger partial charge on any atom is 0.134 e. The van der Waals surface area contributed by atoms with Gasteiger partial charge in [-0.2, -0.15) is 11.8 Å². The number of rotatable bonds is 8. The highest BCUT2D eigenvalue weighted by Crippen LogP contribution is 2.31. The molecule has 2 atom stereocenters. The number of carbonyl (C=O) groups is 1. The Morgan fingerprint density at radius 1 is 1.41 bits per heavy atom. The predicted octanol–water partition coefficient (Wildman–Crippen LogP) is 3.60. The first-order chi connectivity index (χ1) is 13.1. The second-order valence-electron chi connectivity index (χ2n) is 7.53. The van der Waals surface area contributed by atoms with E-state index >= 15 is 0 Å². The van der Waals surface area contributed by atoms with Crippen molar-refractivity contribution in [2.24, 2.45) is 0 Å². The molecule has 1 saturated heterocycles. The summed E-state index contributed by atoms with van der Waals surface area (Å²) in [5, 5.41) is 0.0303. The minimum atomic E-state index is 0.0303. The number of thioether (sulfide) groups is 1. The monoisotopic (exact) mass is 386 g/mol. The van der Waals surface area contributed by atoms with Crippen LogP contribution in [-0.4, -0.2) is 64.7 Å². The van der Waals surface area contributed by atoms with Crippen molar-refractivity contribution < 1.29 is 4.79 Å². The first kappa shape index (κ1) is 20.1. The zero-order valence-corrected chi connectivity index (χ0v) is 17.3. The number of carbonyl (C=O) groups excluding carboxylic acids is 1. The van der Waals surface area contributed by atoms with Crippen molar-refractivity contribution in [3.8, 4) is 11.3 Å². The Morgan fingerprint density at radius 3 is 3.00 bits per heavy atom. The Balaban J connectivity index is 1.78. The van der Waals surface area contributed by atoms with E-state index in [1.165, 1.54) is 18.4 Å². The molecule has 27 heavy (non-hydrogen) atoms. The molecule has 5 nitrogen and oxygen atoms in total. The first-order valence-electron chi connectivity index (χ1n) is 9.62. The van der Waals surface area contributed by atoms with Gasteiger partial charge in [-0.05, 0) is 51.4 Å². The molecule has 0 amide bonds. The summed E-state index contributed by atoms with van der Waals surface area (Å²) in [6, 6.07) is 8.86. The van der Waals surface area contributed by atoms with Gasteiger partial charge in [0.05, 0.1) is 17.0 Å². The number of hydrogen-bond donors (Lipinski definition) is 1. The van der Waals surface area contributed by atoms with Gasteiger partial charge in [-0.15, -0.1) is 0 Å². The van der Waals surface area contributed by atoms with Crippen LogP contribution in [0.3, 0.4) is 0 Å². The third kappa shape index (κ3) is 5.21. The van der Waals surface area contributed by atoms with Crippen molar-refractivity contribution in [2.45, 2.75) is 37.1 Å². The van der Waals surface area contributed by atoms with Crippen molar-refractivity contribution in [3.63, 3.8) is 0 Å². The van der Waals surface area contributed by atoms with Gasteiger partial charge in [-0.3, -0.25) is 4.90 Å². The van der Waals surface area contributed by atoms with Gasteiger partial charge in [0.25, 0.3) is 0 Å². The predicted molar refractivity (Wildman–Crippen MR) is 113 cm³/mol. The van der Waals surface area contributed by atoms with E-state index in [0.29, 0.717) is 0 Å². The van der Waals surface area contributed by atoms with Gasteiger partial charge in [-0.25, -0.2) is 4.98 Å². The Labute approximate surface area is 166 Å². The summed E-state index contributed by atoms with van der Waals surface area (Å²) >= 11 is 1.62. The zero-order valence-electron chi connectivity index (χ0n) is 16.5. The average Bonchev–Trinajstić information content (AvgIpc) is 3.16. The lowest BCUT2D eigenvalue weighted by molar-refractivity contribution is -0.107. The highest BCUT2D eigenvalue weighted by Gasteiger charge is 2.28. The molecule has 2 unspecified atom stereocenters. The highest BCUT2D eigenvalue weighted by atomic mass is 32.2. The van der Waals surface area contributed by atoms with Crippen LogP contribution in [0, 0.1) is 0 Å². The van der Waals surface area contributed by atoms with Crippen molar-refractivity contribution in [3.05, 3.63) is 41.9 Å². The van der Waals surface area contributed by atoms with Crippen LogP contribution in [0.1, 0.15) is 36.7 Å². The molecule has 2 aromatic rings. The van der Waals surface area contributed by atoms with Gasteiger partial charge >= 0.3 is 0 Å². The van der Waals surface area contributed by atoms with E-state index in [4.69, 9.17) is 4.98 Å². The van der Waals surface area contributed by atoms with E-state index < -0.39 is 0 Å². The maximum atomic E-state index is 11.3.